The number of benzene rings is 2. The minimum Gasteiger partial charge on any atom is -0.497 e. The number of methoxy groups -OCH3 is 1. The lowest BCUT2D eigenvalue weighted by Crippen LogP contribution is -2.27. The van der Waals surface area contributed by atoms with Gasteiger partial charge in [0.05, 0.1) is 37.3 Å². The van der Waals surface area contributed by atoms with Gasteiger partial charge in [0, 0.05) is 17.4 Å². The van der Waals surface area contributed by atoms with Crippen LogP contribution in [-0.2, 0) is 0 Å². The number of ether oxygens (including phenoxy) is 2. The van der Waals surface area contributed by atoms with Gasteiger partial charge in [0.2, 0.25) is 0 Å². The van der Waals surface area contributed by atoms with Crippen molar-refractivity contribution in [1.82, 2.24) is 9.99 Å². The highest BCUT2D eigenvalue weighted by atomic mass is 35.5. The number of amides is 1. The zero-order valence-electron chi connectivity index (χ0n) is 18.7. The van der Waals surface area contributed by atoms with Gasteiger partial charge in [-0.1, -0.05) is 11.6 Å². The fraction of sp³-hybridized carbons (Fsp3) is 0.192. The Labute approximate surface area is 201 Å². The molecular weight excluding hydrogens is 454 g/mol. The molecule has 1 aliphatic rings. The number of pyridine rings is 1. The average molecular weight is 476 g/mol. The van der Waals surface area contributed by atoms with E-state index in [0.717, 1.165) is 33.7 Å². The number of rotatable bonds is 6. The summed E-state index contributed by atoms with van der Waals surface area (Å²) in [5.74, 6) is 1.34. The molecule has 0 radical (unpaired) electrons. The van der Waals surface area contributed by atoms with Crippen molar-refractivity contribution in [2.24, 2.45) is 5.10 Å². The van der Waals surface area contributed by atoms with Crippen LogP contribution in [0.4, 0.5) is 0 Å². The highest BCUT2D eigenvalue weighted by Crippen LogP contribution is 2.38. The zero-order chi connectivity index (χ0) is 23.7. The van der Waals surface area contributed by atoms with Crippen molar-refractivity contribution >= 4 is 34.1 Å². The second-order valence-corrected chi connectivity index (χ2v) is 8.14. The van der Waals surface area contributed by atoms with E-state index in [2.05, 4.69) is 10.1 Å². The van der Waals surface area contributed by atoms with E-state index in [1.165, 1.54) is 11.3 Å². The third-order valence-electron chi connectivity index (χ3n) is 5.71. The third kappa shape index (κ3) is 4.10. The van der Waals surface area contributed by atoms with Crippen molar-refractivity contribution < 1.29 is 18.7 Å². The number of hydrogen-bond donors (Lipinski definition) is 0. The van der Waals surface area contributed by atoms with Gasteiger partial charge in [-0.05, 0) is 73.2 Å². The molecule has 8 heteroatoms. The van der Waals surface area contributed by atoms with Gasteiger partial charge < -0.3 is 13.9 Å². The Bertz CT molecular complexity index is 1370. The normalized spacial score (nSPS) is 15.4. The number of hydrogen-bond acceptors (Lipinski definition) is 6. The first-order valence-electron chi connectivity index (χ1n) is 10.9. The van der Waals surface area contributed by atoms with Crippen molar-refractivity contribution in [3.8, 4) is 11.5 Å². The van der Waals surface area contributed by atoms with Crippen LogP contribution in [0.5, 0.6) is 11.5 Å². The van der Waals surface area contributed by atoms with E-state index in [9.17, 15) is 4.79 Å². The highest BCUT2D eigenvalue weighted by molar-refractivity contribution is 6.30. The molecule has 3 heterocycles. The second-order valence-electron chi connectivity index (χ2n) is 7.78. The van der Waals surface area contributed by atoms with Crippen LogP contribution in [0.25, 0.3) is 10.9 Å². The summed E-state index contributed by atoms with van der Waals surface area (Å²) in [7, 11) is 1.62. The second kappa shape index (κ2) is 9.19. The van der Waals surface area contributed by atoms with E-state index < -0.39 is 6.04 Å². The number of hydrazone groups is 1. The summed E-state index contributed by atoms with van der Waals surface area (Å²) in [5, 5.41) is 7.31. The van der Waals surface area contributed by atoms with Crippen molar-refractivity contribution in [1.29, 1.82) is 0 Å². The quantitative estimate of drug-likeness (QED) is 0.325. The van der Waals surface area contributed by atoms with Crippen LogP contribution in [0, 0.1) is 0 Å². The van der Waals surface area contributed by atoms with Gasteiger partial charge in [0.1, 0.15) is 16.7 Å². The zero-order valence-corrected chi connectivity index (χ0v) is 19.5. The van der Waals surface area contributed by atoms with E-state index in [-0.39, 0.29) is 11.7 Å². The Balaban J connectivity index is 1.57. The minimum absolute atomic E-state index is 0.202. The van der Waals surface area contributed by atoms with Crippen molar-refractivity contribution in [3.63, 3.8) is 0 Å². The van der Waals surface area contributed by atoms with Crippen molar-refractivity contribution in [2.75, 3.05) is 13.7 Å². The number of furan rings is 1. The predicted molar refractivity (Wildman–Crippen MR) is 130 cm³/mol. The van der Waals surface area contributed by atoms with Crippen molar-refractivity contribution in [2.45, 2.75) is 19.4 Å². The lowest BCUT2D eigenvalue weighted by molar-refractivity contribution is 0.0678. The topological polar surface area (TPSA) is 77.2 Å². The molecule has 0 N–H and O–H groups in total. The lowest BCUT2D eigenvalue weighted by atomic mass is 9.98. The molecule has 34 heavy (non-hydrogen) atoms. The SMILES string of the molecule is CCOc1ccc2nc(Cl)c([C@@H]3CC(c4ccc(OC)cc4)=NN3C(=O)c3ccco3)cc2c1. The summed E-state index contributed by atoms with van der Waals surface area (Å²) < 4.78 is 16.3. The number of aromatic nitrogens is 1. The van der Waals surface area contributed by atoms with Crippen LogP contribution < -0.4 is 9.47 Å². The van der Waals surface area contributed by atoms with Gasteiger partial charge in [-0.15, -0.1) is 0 Å². The van der Waals surface area contributed by atoms with Gasteiger partial charge in [-0.3, -0.25) is 4.79 Å². The van der Waals surface area contributed by atoms with Crippen LogP contribution in [0.2, 0.25) is 5.15 Å². The molecule has 0 aliphatic carbocycles. The van der Waals surface area contributed by atoms with Crippen molar-refractivity contribution in [3.05, 3.63) is 89.0 Å². The van der Waals surface area contributed by atoms with Gasteiger partial charge in [-0.2, -0.15) is 5.10 Å². The first-order chi connectivity index (χ1) is 16.6. The molecule has 0 bridgehead atoms. The molecule has 1 atom stereocenters. The van der Waals surface area contributed by atoms with Crippen LogP contribution in [0.1, 0.15) is 41.1 Å². The smallest absolute Gasteiger partial charge is 0.310 e. The molecule has 7 nitrogen and oxygen atoms in total. The maximum atomic E-state index is 13.3. The lowest BCUT2D eigenvalue weighted by Gasteiger charge is -2.22. The maximum absolute atomic E-state index is 13.3. The summed E-state index contributed by atoms with van der Waals surface area (Å²) in [6, 6.07) is 18.0. The van der Waals surface area contributed by atoms with Crippen LogP contribution in [0.15, 0.2) is 76.4 Å². The van der Waals surface area contributed by atoms with E-state index in [1.54, 1.807) is 19.2 Å². The van der Waals surface area contributed by atoms with E-state index >= 15 is 0 Å². The Kier molecular flexibility index (Phi) is 5.94. The molecule has 5 rings (SSSR count). The molecule has 0 saturated heterocycles. The molecule has 0 saturated carbocycles. The molecule has 172 valence electrons. The summed E-state index contributed by atoms with van der Waals surface area (Å²) in [5.41, 5.74) is 3.10. The Morgan fingerprint density at radius 3 is 2.65 bits per heavy atom. The van der Waals surface area contributed by atoms with Gasteiger partial charge in [0.15, 0.2) is 5.76 Å². The monoisotopic (exact) mass is 475 g/mol. The number of fused-ring (bicyclic) bond motifs is 1. The van der Waals surface area contributed by atoms with E-state index in [0.29, 0.717) is 23.7 Å². The first kappa shape index (κ1) is 22.0. The maximum Gasteiger partial charge on any atom is 0.310 e. The Hall–Kier alpha value is -3.84. The average Bonchev–Trinajstić information content (AvgIpc) is 3.54. The Morgan fingerprint density at radius 1 is 1.15 bits per heavy atom. The molecule has 0 spiro atoms. The highest BCUT2D eigenvalue weighted by Gasteiger charge is 2.36. The summed E-state index contributed by atoms with van der Waals surface area (Å²) >= 11 is 6.64. The fourth-order valence-corrected chi connectivity index (χ4v) is 4.32. The molecule has 2 aromatic heterocycles. The summed E-state index contributed by atoms with van der Waals surface area (Å²) in [6.07, 6.45) is 1.93. The van der Waals surface area contributed by atoms with Crippen LogP contribution in [0.3, 0.4) is 0 Å². The summed E-state index contributed by atoms with van der Waals surface area (Å²) in [6.45, 7) is 2.50. The van der Waals surface area contributed by atoms with Gasteiger partial charge in [0.25, 0.3) is 0 Å². The van der Waals surface area contributed by atoms with Crippen LogP contribution in [-0.4, -0.2) is 35.3 Å². The summed E-state index contributed by atoms with van der Waals surface area (Å²) in [4.78, 5) is 17.9. The minimum atomic E-state index is -0.449. The van der Waals surface area contributed by atoms with Gasteiger partial charge in [-0.25, -0.2) is 9.99 Å². The third-order valence-corrected chi connectivity index (χ3v) is 6.01. The van der Waals surface area contributed by atoms with Crippen LogP contribution >= 0.6 is 11.6 Å². The molecule has 2 aromatic carbocycles. The number of carbonyl (C=O) groups excluding carboxylic acids is 1. The van der Waals surface area contributed by atoms with E-state index in [4.69, 9.17) is 25.5 Å². The molecule has 1 amide bonds. The molecule has 4 aromatic rings. The molecule has 0 fully saturated rings. The molecular formula is C26H22ClN3O4. The number of carbonyl (C=O) groups is 1. The first-order valence-corrected chi connectivity index (χ1v) is 11.3. The molecule has 0 unspecified atom stereocenters. The van der Waals surface area contributed by atoms with Gasteiger partial charge >= 0.3 is 5.91 Å². The number of halogens is 1. The fourth-order valence-electron chi connectivity index (χ4n) is 4.05. The standard InChI is InChI=1S/C26H22ClN3O4/c1-3-33-19-10-11-21-17(13-19)14-20(25(27)28-21)23-15-22(16-6-8-18(32-2)9-7-16)29-30(23)26(31)24-5-4-12-34-24/h4-14,23H,3,15H2,1-2H3/t23-/m0/s1. The predicted octanol–water partition coefficient (Wildman–Crippen LogP) is 5.88. The van der Waals surface area contributed by atoms with E-state index in [1.807, 2.05) is 55.5 Å². The molecule has 1 aliphatic heterocycles. The Morgan fingerprint density at radius 2 is 1.94 bits per heavy atom. The number of nitrogens with zero attached hydrogens (tertiary/aromatic N) is 3. The largest absolute Gasteiger partial charge is 0.497 e.